The minimum absolute atomic E-state index is 0. The fraction of sp³-hybridized carbons (Fsp3) is 0.333. The van der Waals surface area contributed by atoms with Gasteiger partial charge in [-0.1, -0.05) is 15.9 Å². The van der Waals surface area contributed by atoms with Crippen LogP contribution in [0, 0.1) is 12.3 Å². The molecule has 0 saturated heterocycles. The Labute approximate surface area is 136 Å². The van der Waals surface area contributed by atoms with Crippen LogP contribution in [0.25, 0.3) is 0 Å². The summed E-state index contributed by atoms with van der Waals surface area (Å²) in [5.74, 6) is -1.77. The average Bonchev–Trinajstić information content (AvgIpc) is 3.02. The number of halogens is 1. The number of aryl methyl sites for hydroxylation is 1. The summed E-state index contributed by atoms with van der Waals surface area (Å²) in [6.45, 7) is 1.85. The molecule has 1 aromatic rings. The molecule has 90 valence electrons. The molecule has 4 nitrogen and oxygen atoms in total. The van der Waals surface area contributed by atoms with Crippen LogP contribution >= 0.6 is 15.9 Å². The number of anilines is 1. The molecule has 1 saturated carbocycles. The molecule has 0 unspecified atom stereocenters. The van der Waals surface area contributed by atoms with E-state index in [1.807, 2.05) is 13.0 Å². The molecular formula is C12H11BrNNaO3. The van der Waals surface area contributed by atoms with E-state index in [1.54, 1.807) is 12.1 Å². The number of hydrogen-bond donors (Lipinski definition) is 1. The van der Waals surface area contributed by atoms with Crippen LogP contribution in [0.1, 0.15) is 18.4 Å². The molecule has 1 N–H and O–H groups in total. The Morgan fingerprint density at radius 1 is 1.39 bits per heavy atom. The van der Waals surface area contributed by atoms with Crippen molar-refractivity contribution in [2.24, 2.45) is 5.41 Å². The number of nitrogens with one attached hydrogen (secondary N) is 1. The van der Waals surface area contributed by atoms with Crippen molar-refractivity contribution < 1.29 is 44.3 Å². The zero-order chi connectivity index (χ0) is 12.6. The van der Waals surface area contributed by atoms with E-state index in [-0.39, 0.29) is 29.6 Å². The van der Waals surface area contributed by atoms with Crippen LogP contribution in [0.3, 0.4) is 0 Å². The van der Waals surface area contributed by atoms with Crippen LogP contribution in [0.4, 0.5) is 5.69 Å². The van der Waals surface area contributed by atoms with E-state index in [2.05, 4.69) is 21.2 Å². The van der Waals surface area contributed by atoms with Crippen molar-refractivity contribution in [2.75, 3.05) is 5.32 Å². The van der Waals surface area contributed by atoms with Gasteiger partial charge in [0.15, 0.2) is 0 Å². The fourth-order valence-electron chi connectivity index (χ4n) is 1.66. The Balaban J connectivity index is 0.00000162. The van der Waals surface area contributed by atoms with Gasteiger partial charge in [-0.15, -0.1) is 0 Å². The predicted molar refractivity (Wildman–Crippen MR) is 64.2 cm³/mol. The zero-order valence-electron chi connectivity index (χ0n) is 10.2. The average molecular weight is 320 g/mol. The molecule has 0 atom stereocenters. The normalized spacial score (nSPS) is 15.4. The van der Waals surface area contributed by atoms with Crippen molar-refractivity contribution in [1.29, 1.82) is 0 Å². The van der Waals surface area contributed by atoms with Gasteiger partial charge in [0, 0.05) is 10.2 Å². The summed E-state index contributed by atoms with van der Waals surface area (Å²) in [5.41, 5.74) is 0.201. The molecular weight excluding hydrogens is 309 g/mol. The van der Waals surface area contributed by atoms with Crippen LogP contribution in [-0.4, -0.2) is 11.9 Å². The zero-order valence-corrected chi connectivity index (χ0v) is 13.8. The maximum atomic E-state index is 11.8. The standard InChI is InChI=1S/C12H12BrNO3.Na/c1-7-6-8(13)2-3-9(7)14-10(15)12(4-5-12)11(16)17;/h2-3,6H,4-5H2,1H3,(H,14,15)(H,16,17);/q;+1/p-1. The Morgan fingerprint density at radius 3 is 2.44 bits per heavy atom. The molecule has 0 aliphatic heterocycles. The number of carbonyl (C=O) groups excluding carboxylic acids is 2. The summed E-state index contributed by atoms with van der Waals surface area (Å²) in [5, 5.41) is 13.5. The molecule has 0 heterocycles. The van der Waals surface area contributed by atoms with E-state index in [4.69, 9.17) is 0 Å². The van der Waals surface area contributed by atoms with Gasteiger partial charge in [-0.05, 0) is 43.5 Å². The number of carbonyl (C=O) groups is 2. The van der Waals surface area contributed by atoms with Gasteiger partial charge in [0.1, 0.15) is 0 Å². The van der Waals surface area contributed by atoms with E-state index in [0.29, 0.717) is 18.5 Å². The summed E-state index contributed by atoms with van der Waals surface area (Å²) in [7, 11) is 0. The van der Waals surface area contributed by atoms with Gasteiger partial charge in [0.2, 0.25) is 5.91 Å². The molecule has 18 heavy (non-hydrogen) atoms. The summed E-state index contributed by atoms with van der Waals surface area (Å²) >= 11 is 3.32. The molecule has 1 aliphatic rings. The molecule has 1 aliphatic carbocycles. The third-order valence-electron chi connectivity index (χ3n) is 3.01. The van der Waals surface area contributed by atoms with Crippen molar-refractivity contribution in [3.8, 4) is 0 Å². The van der Waals surface area contributed by atoms with E-state index in [1.165, 1.54) is 0 Å². The van der Waals surface area contributed by atoms with Crippen LogP contribution in [0.15, 0.2) is 22.7 Å². The van der Waals surface area contributed by atoms with Crippen molar-refractivity contribution >= 4 is 33.5 Å². The number of hydrogen-bond acceptors (Lipinski definition) is 3. The van der Waals surface area contributed by atoms with Gasteiger partial charge < -0.3 is 15.2 Å². The maximum absolute atomic E-state index is 11.8. The minimum Gasteiger partial charge on any atom is -0.549 e. The van der Waals surface area contributed by atoms with Crippen molar-refractivity contribution in [3.63, 3.8) is 0 Å². The third-order valence-corrected chi connectivity index (χ3v) is 3.51. The topological polar surface area (TPSA) is 69.2 Å². The second kappa shape index (κ2) is 5.74. The summed E-state index contributed by atoms with van der Waals surface area (Å²) in [4.78, 5) is 22.7. The van der Waals surface area contributed by atoms with E-state index >= 15 is 0 Å². The number of aliphatic carboxylic acids is 1. The van der Waals surface area contributed by atoms with E-state index in [9.17, 15) is 14.7 Å². The second-order valence-corrected chi connectivity index (χ2v) is 5.20. The Hall–Kier alpha value is -0.360. The largest absolute Gasteiger partial charge is 1.00 e. The molecule has 6 heteroatoms. The molecule has 1 fully saturated rings. The fourth-order valence-corrected chi connectivity index (χ4v) is 2.13. The Bertz CT molecular complexity index is 500. The SMILES string of the molecule is Cc1cc(Br)ccc1NC(=O)C1(C(=O)[O-])CC1.[Na+]. The van der Waals surface area contributed by atoms with Gasteiger partial charge in [-0.25, -0.2) is 0 Å². The number of amides is 1. The molecule has 0 spiro atoms. The number of carboxylic acids is 1. The predicted octanol–water partition coefficient (Wildman–Crippen LogP) is -1.77. The number of rotatable bonds is 3. The number of benzene rings is 1. The molecule has 0 aromatic heterocycles. The van der Waals surface area contributed by atoms with Gasteiger partial charge in [0.05, 0.1) is 11.4 Å². The molecule has 2 rings (SSSR count). The van der Waals surface area contributed by atoms with E-state index in [0.717, 1.165) is 10.0 Å². The van der Waals surface area contributed by atoms with Crippen molar-refractivity contribution in [2.45, 2.75) is 19.8 Å². The van der Waals surface area contributed by atoms with Gasteiger partial charge in [-0.3, -0.25) is 4.79 Å². The van der Waals surface area contributed by atoms with Gasteiger partial charge in [0.25, 0.3) is 0 Å². The molecule has 0 bridgehead atoms. The van der Waals surface area contributed by atoms with Gasteiger partial charge >= 0.3 is 29.6 Å². The monoisotopic (exact) mass is 319 g/mol. The Morgan fingerprint density at radius 2 is 2.00 bits per heavy atom. The van der Waals surface area contributed by atoms with Crippen LogP contribution < -0.4 is 40.0 Å². The first-order valence-corrected chi connectivity index (χ1v) is 6.04. The Kier molecular flexibility index (Phi) is 5.00. The first kappa shape index (κ1) is 15.7. The van der Waals surface area contributed by atoms with Gasteiger partial charge in [-0.2, -0.15) is 0 Å². The maximum Gasteiger partial charge on any atom is 1.00 e. The second-order valence-electron chi connectivity index (χ2n) is 4.28. The quantitative estimate of drug-likeness (QED) is 0.529. The van der Waals surface area contributed by atoms with E-state index < -0.39 is 17.3 Å². The minimum atomic E-state index is -1.31. The first-order chi connectivity index (χ1) is 7.95. The summed E-state index contributed by atoms with van der Waals surface area (Å²) in [6.07, 6.45) is 0.716. The van der Waals surface area contributed by atoms with Crippen molar-refractivity contribution in [3.05, 3.63) is 28.2 Å². The molecule has 1 aromatic carbocycles. The smallest absolute Gasteiger partial charge is 0.549 e. The summed E-state index contributed by atoms with van der Waals surface area (Å²) < 4.78 is 0.911. The molecule has 1 amide bonds. The number of carboxylic acid groups (broad SMARTS) is 1. The third kappa shape index (κ3) is 2.96. The first-order valence-electron chi connectivity index (χ1n) is 5.25. The van der Waals surface area contributed by atoms with Crippen LogP contribution in [0.2, 0.25) is 0 Å². The molecule has 0 radical (unpaired) electrons. The van der Waals surface area contributed by atoms with Crippen molar-refractivity contribution in [1.82, 2.24) is 0 Å². The van der Waals surface area contributed by atoms with Crippen LogP contribution in [0.5, 0.6) is 0 Å². The summed E-state index contributed by atoms with van der Waals surface area (Å²) in [6, 6.07) is 5.39. The van der Waals surface area contributed by atoms with Crippen LogP contribution in [-0.2, 0) is 9.59 Å².